The van der Waals surface area contributed by atoms with E-state index in [-0.39, 0.29) is 0 Å². The molecule has 1 rings (SSSR count). The van der Waals surface area contributed by atoms with Gasteiger partial charge in [-0.3, -0.25) is 0 Å². The van der Waals surface area contributed by atoms with E-state index in [1.807, 2.05) is 0 Å². The van der Waals surface area contributed by atoms with Gasteiger partial charge in [-0.25, -0.2) is 0 Å². The molecule has 77 valence electrons. The lowest BCUT2D eigenvalue weighted by Gasteiger charge is -2.14. The molecule has 0 bridgehead atoms. The fourth-order valence-corrected chi connectivity index (χ4v) is 2.44. The Bertz CT molecular complexity index is 96.6. The second-order valence-corrected chi connectivity index (χ2v) is 4.56. The maximum Gasteiger partial charge on any atom is -0.0414 e. The zero-order valence-electron chi connectivity index (χ0n) is 9.06. The largest absolute Gasteiger partial charge is 0.0533 e. The van der Waals surface area contributed by atoms with Crippen LogP contribution in [0.1, 0.15) is 70.6 Å². The van der Waals surface area contributed by atoms with Crippen molar-refractivity contribution in [2.75, 3.05) is 0 Å². The summed E-state index contributed by atoms with van der Waals surface area (Å²) in [6.07, 6.45) is 15.9. The molecule has 13 heavy (non-hydrogen) atoms. The summed E-state index contributed by atoms with van der Waals surface area (Å²) in [5.41, 5.74) is 0. The van der Waals surface area contributed by atoms with Gasteiger partial charge in [0.05, 0.1) is 0 Å². The molecule has 0 aliphatic heterocycles. The highest BCUT2D eigenvalue weighted by molar-refractivity contribution is 4.63. The molecule has 0 atom stereocenters. The quantitative estimate of drug-likeness (QED) is 0.590. The maximum atomic E-state index is 3.93. The molecule has 0 aromatic carbocycles. The number of rotatable bonds is 3. The van der Waals surface area contributed by atoms with Gasteiger partial charge >= 0.3 is 0 Å². The van der Waals surface area contributed by atoms with Gasteiger partial charge in [-0.05, 0) is 5.92 Å². The van der Waals surface area contributed by atoms with E-state index >= 15 is 0 Å². The minimum atomic E-state index is 1.04. The van der Waals surface area contributed by atoms with Crippen LogP contribution in [0, 0.1) is 12.8 Å². The van der Waals surface area contributed by atoms with Crippen LogP contribution in [0.5, 0.6) is 0 Å². The summed E-state index contributed by atoms with van der Waals surface area (Å²) in [5, 5.41) is 0. The zero-order valence-corrected chi connectivity index (χ0v) is 9.06. The summed E-state index contributed by atoms with van der Waals surface area (Å²) in [5.74, 6) is 1.04. The highest BCUT2D eigenvalue weighted by Gasteiger charge is 2.09. The van der Waals surface area contributed by atoms with E-state index in [1.54, 1.807) is 0 Å². The molecule has 0 nitrogen and oxygen atoms in total. The van der Waals surface area contributed by atoms with Crippen molar-refractivity contribution in [1.82, 2.24) is 0 Å². The molecule has 0 unspecified atom stereocenters. The molecule has 0 spiro atoms. The fraction of sp³-hybridized carbons (Fsp3) is 0.923. The Labute approximate surface area is 84.1 Å². The third kappa shape index (κ3) is 5.33. The fourth-order valence-electron chi connectivity index (χ4n) is 2.44. The smallest absolute Gasteiger partial charge is 0.0414 e. The van der Waals surface area contributed by atoms with Crippen molar-refractivity contribution < 1.29 is 0 Å². The summed E-state index contributed by atoms with van der Waals surface area (Å²) in [6.45, 7) is 3.93. The van der Waals surface area contributed by atoms with Crippen LogP contribution in [0.25, 0.3) is 0 Å². The molecule has 0 saturated heterocycles. The molecule has 0 N–H and O–H groups in total. The lowest BCUT2D eigenvalue weighted by molar-refractivity contribution is 0.391. The molecular weight excluding hydrogens is 156 g/mol. The number of hydrogen-bond donors (Lipinski definition) is 0. The van der Waals surface area contributed by atoms with E-state index < -0.39 is 0 Å². The normalized spacial score (nSPS) is 21.9. The molecule has 0 heterocycles. The van der Waals surface area contributed by atoms with Crippen LogP contribution < -0.4 is 0 Å². The predicted octanol–water partition coefficient (Wildman–Crippen LogP) is 4.74. The van der Waals surface area contributed by atoms with Gasteiger partial charge in [0.15, 0.2) is 0 Å². The molecule has 0 aromatic rings. The van der Waals surface area contributed by atoms with Crippen LogP contribution in [-0.4, -0.2) is 0 Å². The van der Waals surface area contributed by atoms with E-state index in [0.29, 0.717) is 0 Å². The predicted molar refractivity (Wildman–Crippen MR) is 59.6 cm³/mol. The first kappa shape index (κ1) is 11.1. The molecular formula is C13H25. The lowest BCUT2D eigenvalue weighted by atomic mass is 9.92. The van der Waals surface area contributed by atoms with Crippen molar-refractivity contribution in [1.29, 1.82) is 0 Å². The molecule has 1 aliphatic rings. The summed E-state index contributed by atoms with van der Waals surface area (Å²) in [7, 11) is 0. The molecule has 0 aromatic heterocycles. The summed E-state index contributed by atoms with van der Waals surface area (Å²) < 4.78 is 0. The van der Waals surface area contributed by atoms with Crippen molar-refractivity contribution >= 4 is 0 Å². The van der Waals surface area contributed by atoms with Crippen LogP contribution in [-0.2, 0) is 0 Å². The first-order chi connectivity index (χ1) is 6.43. The molecule has 1 fully saturated rings. The van der Waals surface area contributed by atoms with E-state index in [2.05, 4.69) is 6.92 Å². The van der Waals surface area contributed by atoms with Gasteiger partial charge in [0.1, 0.15) is 0 Å². The Morgan fingerprint density at radius 1 is 0.846 bits per heavy atom. The summed E-state index contributed by atoms with van der Waals surface area (Å²) in [6, 6.07) is 0. The SMILES string of the molecule is [CH2]CCCC1CCCCCCCC1. The van der Waals surface area contributed by atoms with Crippen LogP contribution in [0.4, 0.5) is 0 Å². The second kappa shape index (κ2) is 7.41. The minimum Gasteiger partial charge on any atom is -0.0533 e. The monoisotopic (exact) mass is 181 g/mol. The molecule has 0 amide bonds. The van der Waals surface area contributed by atoms with Crippen LogP contribution in [0.2, 0.25) is 0 Å². The Morgan fingerprint density at radius 3 is 1.92 bits per heavy atom. The van der Waals surface area contributed by atoms with E-state index in [9.17, 15) is 0 Å². The van der Waals surface area contributed by atoms with Crippen molar-refractivity contribution in [3.8, 4) is 0 Å². The standard InChI is InChI=1S/C13H25/c1-2-3-10-13-11-8-6-4-5-7-9-12-13/h13H,1-12H2. The third-order valence-corrected chi connectivity index (χ3v) is 3.34. The van der Waals surface area contributed by atoms with Crippen molar-refractivity contribution in [2.45, 2.75) is 70.6 Å². The second-order valence-electron chi connectivity index (χ2n) is 4.56. The van der Waals surface area contributed by atoms with Crippen LogP contribution in [0.15, 0.2) is 0 Å². The van der Waals surface area contributed by atoms with Gasteiger partial charge in [-0.2, -0.15) is 0 Å². The Kier molecular flexibility index (Phi) is 6.31. The van der Waals surface area contributed by atoms with Gasteiger partial charge in [0, 0.05) is 0 Å². The zero-order chi connectivity index (χ0) is 9.36. The average Bonchev–Trinajstić information content (AvgIpc) is 2.28. The number of unbranched alkanes of at least 4 members (excludes halogenated alkanes) is 1. The average molecular weight is 181 g/mol. The minimum absolute atomic E-state index is 1.04. The number of hydrogen-bond acceptors (Lipinski definition) is 0. The first-order valence-corrected chi connectivity index (χ1v) is 6.22. The van der Waals surface area contributed by atoms with Gasteiger partial charge in [-0.15, -0.1) is 0 Å². The van der Waals surface area contributed by atoms with Gasteiger partial charge in [0.25, 0.3) is 0 Å². The van der Waals surface area contributed by atoms with Crippen LogP contribution in [0.3, 0.4) is 0 Å². The lowest BCUT2D eigenvalue weighted by Crippen LogP contribution is -1.99. The Morgan fingerprint density at radius 2 is 1.38 bits per heavy atom. The van der Waals surface area contributed by atoms with E-state index in [0.717, 1.165) is 12.3 Å². The molecule has 1 radical (unpaired) electrons. The van der Waals surface area contributed by atoms with Crippen molar-refractivity contribution in [3.05, 3.63) is 6.92 Å². The van der Waals surface area contributed by atoms with Gasteiger partial charge < -0.3 is 0 Å². The topological polar surface area (TPSA) is 0 Å². The summed E-state index contributed by atoms with van der Waals surface area (Å²) in [4.78, 5) is 0. The molecule has 1 aliphatic carbocycles. The first-order valence-electron chi connectivity index (χ1n) is 6.22. The Balaban J connectivity index is 2.16. The van der Waals surface area contributed by atoms with Gasteiger partial charge in [0.2, 0.25) is 0 Å². The van der Waals surface area contributed by atoms with Crippen molar-refractivity contribution in [3.63, 3.8) is 0 Å². The highest BCUT2D eigenvalue weighted by atomic mass is 14.1. The summed E-state index contributed by atoms with van der Waals surface area (Å²) >= 11 is 0. The van der Waals surface area contributed by atoms with Gasteiger partial charge in [-0.1, -0.05) is 77.6 Å². The highest BCUT2D eigenvalue weighted by Crippen LogP contribution is 2.25. The van der Waals surface area contributed by atoms with Crippen LogP contribution >= 0.6 is 0 Å². The van der Waals surface area contributed by atoms with E-state index in [4.69, 9.17) is 0 Å². The molecule has 1 saturated carbocycles. The third-order valence-electron chi connectivity index (χ3n) is 3.34. The van der Waals surface area contributed by atoms with Crippen molar-refractivity contribution in [2.24, 2.45) is 5.92 Å². The maximum absolute atomic E-state index is 3.93. The van der Waals surface area contributed by atoms with E-state index in [1.165, 1.54) is 64.2 Å². The Hall–Kier alpha value is 0. The molecule has 0 heteroatoms.